The quantitative estimate of drug-likeness (QED) is 0.490. The van der Waals surface area contributed by atoms with E-state index in [0.717, 1.165) is 19.1 Å². The fourth-order valence-electron chi connectivity index (χ4n) is 0.956. The molecular weight excluding hydrogens is 154 g/mol. The van der Waals surface area contributed by atoms with E-state index in [1.54, 1.807) is 6.92 Å². The SMILES string of the molecule is CCCC(C)(C)NOC(C)C=O. The van der Waals surface area contributed by atoms with Crippen LogP contribution in [-0.4, -0.2) is 17.9 Å². The fourth-order valence-corrected chi connectivity index (χ4v) is 0.956. The van der Waals surface area contributed by atoms with Crippen molar-refractivity contribution in [1.29, 1.82) is 0 Å². The summed E-state index contributed by atoms with van der Waals surface area (Å²) in [6.07, 6.45) is 2.52. The maximum absolute atomic E-state index is 10.2. The van der Waals surface area contributed by atoms with Crippen LogP contribution in [0.3, 0.4) is 0 Å². The summed E-state index contributed by atoms with van der Waals surface area (Å²) in [6.45, 7) is 7.93. The van der Waals surface area contributed by atoms with Gasteiger partial charge in [-0.15, -0.1) is 0 Å². The minimum atomic E-state index is -0.374. The lowest BCUT2D eigenvalue weighted by atomic mass is 10.0. The van der Waals surface area contributed by atoms with Crippen LogP contribution >= 0.6 is 0 Å². The van der Waals surface area contributed by atoms with Gasteiger partial charge in [0.2, 0.25) is 0 Å². The molecule has 0 aliphatic carbocycles. The third-order valence-corrected chi connectivity index (χ3v) is 1.59. The molecule has 0 rings (SSSR count). The van der Waals surface area contributed by atoms with Crippen molar-refractivity contribution in [2.24, 2.45) is 0 Å². The van der Waals surface area contributed by atoms with Crippen molar-refractivity contribution in [1.82, 2.24) is 5.48 Å². The first-order chi connectivity index (χ1) is 5.52. The molecular formula is C9H19NO2. The van der Waals surface area contributed by atoms with Crippen LogP contribution in [-0.2, 0) is 9.63 Å². The summed E-state index contributed by atoms with van der Waals surface area (Å²) in [5.74, 6) is 0. The van der Waals surface area contributed by atoms with E-state index in [0.29, 0.717) is 0 Å². The van der Waals surface area contributed by atoms with Crippen LogP contribution in [0.4, 0.5) is 0 Å². The Labute approximate surface area is 74.4 Å². The maximum atomic E-state index is 10.2. The summed E-state index contributed by atoms with van der Waals surface area (Å²) in [6, 6.07) is 0. The lowest BCUT2D eigenvalue weighted by Gasteiger charge is -2.25. The number of hydrogen-bond acceptors (Lipinski definition) is 3. The Balaban J connectivity index is 3.66. The second-order valence-corrected chi connectivity index (χ2v) is 3.69. The van der Waals surface area contributed by atoms with Gasteiger partial charge in [-0.05, 0) is 27.2 Å². The van der Waals surface area contributed by atoms with E-state index in [9.17, 15) is 4.79 Å². The molecule has 72 valence electrons. The summed E-state index contributed by atoms with van der Waals surface area (Å²) in [5, 5.41) is 0. The highest BCUT2D eigenvalue weighted by atomic mass is 16.7. The Kier molecular flexibility index (Phi) is 5.09. The molecule has 0 aromatic heterocycles. The minimum Gasteiger partial charge on any atom is -0.300 e. The van der Waals surface area contributed by atoms with Gasteiger partial charge in [0, 0.05) is 5.54 Å². The number of rotatable bonds is 6. The van der Waals surface area contributed by atoms with Crippen molar-refractivity contribution in [3.05, 3.63) is 0 Å². The van der Waals surface area contributed by atoms with Gasteiger partial charge in [0.1, 0.15) is 6.10 Å². The zero-order chi connectivity index (χ0) is 9.61. The van der Waals surface area contributed by atoms with Crippen LogP contribution in [0.15, 0.2) is 0 Å². The molecule has 0 aromatic carbocycles. The zero-order valence-corrected chi connectivity index (χ0v) is 8.39. The van der Waals surface area contributed by atoms with Gasteiger partial charge in [-0.1, -0.05) is 13.3 Å². The van der Waals surface area contributed by atoms with E-state index in [2.05, 4.69) is 12.4 Å². The number of aldehydes is 1. The van der Waals surface area contributed by atoms with Crippen molar-refractivity contribution < 1.29 is 9.63 Å². The average molecular weight is 173 g/mol. The highest BCUT2D eigenvalue weighted by Crippen LogP contribution is 2.10. The molecule has 3 heteroatoms. The molecule has 1 N–H and O–H groups in total. The summed E-state index contributed by atoms with van der Waals surface area (Å²) in [5.41, 5.74) is 2.83. The summed E-state index contributed by atoms with van der Waals surface area (Å²) >= 11 is 0. The third kappa shape index (κ3) is 5.27. The van der Waals surface area contributed by atoms with Crippen molar-refractivity contribution in [3.8, 4) is 0 Å². The maximum Gasteiger partial charge on any atom is 0.150 e. The summed E-state index contributed by atoms with van der Waals surface area (Å²) in [4.78, 5) is 15.3. The molecule has 0 radical (unpaired) electrons. The van der Waals surface area contributed by atoms with Gasteiger partial charge in [-0.25, -0.2) is 0 Å². The highest BCUT2D eigenvalue weighted by molar-refractivity contribution is 5.54. The number of carbonyl (C=O) groups is 1. The summed E-state index contributed by atoms with van der Waals surface area (Å²) < 4.78 is 0. The Hall–Kier alpha value is -0.410. The van der Waals surface area contributed by atoms with Gasteiger partial charge in [-0.3, -0.25) is 4.84 Å². The first kappa shape index (κ1) is 11.6. The van der Waals surface area contributed by atoms with Crippen molar-refractivity contribution in [2.45, 2.75) is 52.2 Å². The van der Waals surface area contributed by atoms with Gasteiger partial charge in [-0.2, -0.15) is 5.48 Å². The molecule has 0 fully saturated rings. The molecule has 0 saturated heterocycles. The molecule has 0 aliphatic rings. The van der Waals surface area contributed by atoms with E-state index in [4.69, 9.17) is 4.84 Å². The van der Waals surface area contributed by atoms with E-state index < -0.39 is 0 Å². The number of carbonyl (C=O) groups excluding carboxylic acids is 1. The van der Waals surface area contributed by atoms with Crippen LogP contribution in [0.5, 0.6) is 0 Å². The highest BCUT2D eigenvalue weighted by Gasteiger charge is 2.16. The molecule has 0 amide bonds. The second-order valence-electron chi connectivity index (χ2n) is 3.69. The lowest BCUT2D eigenvalue weighted by Crippen LogP contribution is -2.41. The normalized spacial score (nSPS) is 14.3. The zero-order valence-electron chi connectivity index (χ0n) is 8.39. The van der Waals surface area contributed by atoms with Crippen LogP contribution in [0.1, 0.15) is 40.5 Å². The average Bonchev–Trinajstić information content (AvgIpc) is 2.00. The molecule has 0 saturated carbocycles. The molecule has 0 heterocycles. The molecule has 0 aromatic rings. The van der Waals surface area contributed by atoms with Gasteiger partial charge in [0.05, 0.1) is 0 Å². The van der Waals surface area contributed by atoms with Crippen LogP contribution in [0, 0.1) is 0 Å². The first-order valence-electron chi connectivity index (χ1n) is 4.40. The number of nitrogens with one attached hydrogen (secondary N) is 1. The molecule has 1 unspecified atom stereocenters. The number of hydroxylamine groups is 1. The Morgan fingerprint density at radius 2 is 2.17 bits per heavy atom. The van der Waals surface area contributed by atoms with Crippen LogP contribution in [0.25, 0.3) is 0 Å². The van der Waals surface area contributed by atoms with Gasteiger partial charge < -0.3 is 4.79 Å². The Morgan fingerprint density at radius 3 is 2.58 bits per heavy atom. The van der Waals surface area contributed by atoms with Crippen LogP contribution < -0.4 is 5.48 Å². The molecule has 0 bridgehead atoms. The topological polar surface area (TPSA) is 38.3 Å². The monoisotopic (exact) mass is 173 g/mol. The van der Waals surface area contributed by atoms with E-state index in [1.165, 1.54) is 0 Å². The molecule has 1 atom stereocenters. The van der Waals surface area contributed by atoms with E-state index >= 15 is 0 Å². The van der Waals surface area contributed by atoms with E-state index in [1.807, 2.05) is 13.8 Å². The predicted octanol–water partition coefficient (Wildman–Crippen LogP) is 1.67. The van der Waals surface area contributed by atoms with Gasteiger partial charge >= 0.3 is 0 Å². The Bertz CT molecular complexity index is 134. The molecule has 0 spiro atoms. The Morgan fingerprint density at radius 1 is 1.58 bits per heavy atom. The first-order valence-corrected chi connectivity index (χ1v) is 4.40. The largest absolute Gasteiger partial charge is 0.300 e. The fraction of sp³-hybridized carbons (Fsp3) is 0.889. The van der Waals surface area contributed by atoms with Crippen LogP contribution in [0.2, 0.25) is 0 Å². The summed E-state index contributed by atoms with van der Waals surface area (Å²) in [7, 11) is 0. The smallest absolute Gasteiger partial charge is 0.150 e. The predicted molar refractivity (Wildman–Crippen MR) is 48.7 cm³/mol. The van der Waals surface area contributed by atoms with Crippen molar-refractivity contribution in [3.63, 3.8) is 0 Å². The van der Waals surface area contributed by atoms with Gasteiger partial charge in [0.15, 0.2) is 6.29 Å². The number of hydrogen-bond donors (Lipinski definition) is 1. The van der Waals surface area contributed by atoms with Crippen molar-refractivity contribution >= 4 is 6.29 Å². The lowest BCUT2D eigenvalue weighted by molar-refractivity contribution is -0.126. The van der Waals surface area contributed by atoms with Crippen molar-refractivity contribution in [2.75, 3.05) is 0 Å². The minimum absolute atomic E-state index is 0.0496. The van der Waals surface area contributed by atoms with E-state index in [-0.39, 0.29) is 11.6 Å². The molecule has 0 aliphatic heterocycles. The standard InChI is InChI=1S/C9H19NO2/c1-5-6-9(3,4)10-12-8(2)7-11/h7-8,10H,5-6H2,1-4H3. The molecule has 12 heavy (non-hydrogen) atoms. The third-order valence-electron chi connectivity index (χ3n) is 1.59. The second kappa shape index (κ2) is 5.27. The van der Waals surface area contributed by atoms with Gasteiger partial charge in [0.25, 0.3) is 0 Å². The molecule has 3 nitrogen and oxygen atoms in total.